The molecule has 8 aromatic carbocycles. The second-order valence-electron chi connectivity index (χ2n) is 15.4. The Kier molecular flexibility index (Phi) is 7.69. The molecule has 2 aliphatic rings. The summed E-state index contributed by atoms with van der Waals surface area (Å²) in [6.07, 6.45) is 1.84. The summed E-state index contributed by atoms with van der Waals surface area (Å²) in [6.45, 7) is 0. The highest BCUT2D eigenvalue weighted by Crippen LogP contribution is 2.62. The van der Waals surface area contributed by atoms with E-state index in [0.29, 0.717) is 17.5 Å². The van der Waals surface area contributed by atoms with Gasteiger partial charge in [-0.1, -0.05) is 170 Å². The van der Waals surface area contributed by atoms with Crippen molar-refractivity contribution in [2.75, 3.05) is 0 Å². The molecular weight excluding hydrogens is 733 g/mol. The summed E-state index contributed by atoms with van der Waals surface area (Å²) in [5.74, 6) is 3.35. The predicted molar refractivity (Wildman–Crippen MR) is 240 cm³/mol. The van der Waals surface area contributed by atoms with Gasteiger partial charge in [0.25, 0.3) is 0 Å². The molecule has 1 aliphatic carbocycles. The minimum absolute atomic E-state index is 0.569. The van der Waals surface area contributed by atoms with Crippen LogP contribution < -0.4 is 4.74 Å². The predicted octanol–water partition coefficient (Wildman–Crippen LogP) is 13.2. The first-order chi connectivity index (χ1) is 29.7. The van der Waals surface area contributed by atoms with E-state index in [0.717, 1.165) is 72.5 Å². The van der Waals surface area contributed by atoms with Crippen LogP contribution >= 0.6 is 0 Å². The highest BCUT2D eigenvalue weighted by Gasteiger charge is 2.51. The summed E-state index contributed by atoms with van der Waals surface area (Å²) in [5.41, 5.74) is 14.5. The molecule has 280 valence electrons. The molecular formula is C55H34N4O. The van der Waals surface area contributed by atoms with Gasteiger partial charge in [-0.2, -0.15) is 0 Å². The summed E-state index contributed by atoms with van der Waals surface area (Å²) in [5, 5.41) is 1.11. The van der Waals surface area contributed by atoms with Gasteiger partial charge in [-0.25, -0.2) is 15.0 Å². The lowest BCUT2D eigenvalue weighted by atomic mass is 9.66. The van der Waals surface area contributed by atoms with Crippen LogP contribution in [-0.4, -0.2) is 19.9 Å². The molecule has 60 heavy (non-hydrogen) atoms. The third-order valence-electron chi connectivity index (χ3n) is 12.0. The molecule has 12 rings (SSSR count). The maximum atomic E-state index is 7.11. The van der Waals surface area contributed by atoms with Crippen LogP contribution in [0.15, 0.2) is 206 Å². The van der Waals surface area contributed by atoms with Crippen molar-refractivity contribution in [3.05, 3.63) is 229 Å². The summed E-state index contributed by atoms with van der Waals surface area (Å²) < 4.78 is 7.11. The quantitative estimate of drug-likeness (QED) is 0.175. The molecule has 0 N–H and O–H groups in total. The second-order valence-corrected chi connectivity index (χ2v) is 15.4. The van der Waals surface area contributed by atoms with E-state index in [4.69, 9.17) is 19.7 Å². The third-order valence-corrected chi connectivity index (χ3v) is 12.0. The van der Waals surface area contributed by atoms with Crippen LogP contribution in [0.25, 0.3) is 78.4 Å². The molecule has 0 unspecified atom stereocenters. The summed E-state index contributed by atoms with van der Waals surface area (Å²) in [7, 11) is 0. The van der Waals surface area contributed by atoms with Crippen LogP contribution in [0.2, 0.25) is 0 Å². The largest absolute Gasteiger partial charge is 0.457 e. The SMILES string of the molecule is c1ccc(-c2cccc(-c3nc(-c4ccccc4)nc(-c4ccc5c(c4)Oc4cc(-c6ccc7cccnc7c6)ccc4C54c5ccccc5-c5ccccc54)n3)c2)cc1. The molecule has 1 spiro atoms. The molecule has 0 saturated heterocycles. The van der Waals surface area contributed by atoms with Crippen LogP contribution in [-0.2, 0) is 5.41 Å². The first kappa shape index (κ1) is 34.1. The average molecular weight is 767 g/mol. The molecule has 5 nitrogen and oxygen atoms in total. The van der Waals surface area contributed by atoms with E-state index in [-0.39, 0.29) is 0 Å². The van der Waals surface area contributed by atoms with Gasteiger partial charge >= 0.3 is 0 Å². The zero-order valence-corrected chi connectivity index (χ0v) is 32.3. The Labute approximate surface area is 347 Å². The number of hydrogen-bond donors (Lipinski definition) is 0. The number of aromatic nitrogens is 4. The van der Waals surface area contributed by atoms with E-state index in [1.54, 1.807) is 0 Å². The Balaban J connectivity index is 1.06. The normalized spacial score (nSPS) is 12.9. The van der Waals surface area contributed by atoms with Crippen LogP contribution in [0.4, 0.5) is 0 Å². The molecule has 1 aliphatic heterocycles. The van der Waals surface area contributed by atoms with Gasteiger partial charge in [0, 0.05) is 39.4 Å². The first-order valence-corrected chi connectivity index (χ1v) is 20.2. The molecule has 2 aromatic heterocycles. The van der Waals surface area contributed by atoms with Gasteiger partial charge in [0.05, 0.1) is 10.9 Å². The summed E-state index contributed by atoms with van der Waals surface area (Å²) in [4.78, 5) is 20.0. The van der Waals surface area contributed by atoms with Crippen molar-refractivity contribution in [2.45, 2.75) is 5.41 Å². The minimum Gasteiger partial charge on any atom is -0.457 e. The molecule has 0 atom stereocenters. The Hall–Kier alpha value is -8.02. The maximum Gasteiger partial charge on any atom is 0.164 e. The summed E-state index contributed by atoms with van der Waals surface area (Å²) >= 11 is 0. The Morgan fingerprint density at radius 3 is 1.53 bits per heavy atom. The van der Waals surface area contributed by atoms with Crippen LogP contribution in [0.3, 0.4) is 0 Å². The number of fused-ring (bicyclic) bond motifs is 10. The number of benzene rings is 8. The number of rotatable bonds is 5. The highest BCUT2D eigenvalue weighted by molar-refractivity contribution is 5.90. The fourth-order valence-corrected chi connectivity index (χ4v) is 9.30. The zero-order chi connectivity index (χ0) is 39.6. The molecule has 0 amide bonds. The van der Waals surface area contributed by atoms with Gasteiger partial charge in [-0.15, -0.1) is 0 Å². The average Bonchev–Trinajstić information content (AvgIpc) is 3.62. The van der Waals surface area contributed by atoms with Crippen molar-refractivity contribution in [3.63, 3.8) is 0 Å². The van der Waals surface area contributed by atoms with Crippen LogP contribution in [0, 0.1) is 0 Å². The summed E-state index contributed by atoms with van der Waals surface area (Å²) in [6, 6.07) is 70.2. The number of pyridine rings is 1. The lowest BCUT2D eigenvalue weighted by Crippen LogP contribution is -2.32. The molecule has 3 heterocycles. The molecule has 0 radical (unpaired) electrons. The Morgan fingerprint density at radius 2 is 0.833 bits per heavy atom. The third kappa shape index (κ3) is 5.33. The van der Waals surface area contributed by atoms with E-state index in [2.05, 4.69) is 163 Å². The Morgan fingerprint density at radius 1 is 0.333 bits per heavy atom. The Bertz CT molecular complexity index is 3260. The second kappa shape index (κ2) is 13.5. The van der Waals surface area contributed by atoms with Gasteiger partial charge in [0.15, 0.2) is 17.5 Å². The van der Waals surface area contributed by atoms with Gasteiger partial charge < -0.3 is 4.74 Å². The van der Waals surface area contributed by atoms with Crippen molar-refractivity contribution in [1.82, 2.24) is 19.9 Å². The minimum atomic E-state index is -0.616. The highest BCUT2D eigenvalue weighted by atomic mass is 16.5. The molecule has 10 aromatic rings. The van der Waals surface area contributed by atoms with Crippen molar-refractivity contribution in [1.29, 1.82) is 0 Å². The van der Waals surface area contributed by atoms with Crippen LogP contribution in [0.1, 0.15) is 22.3 Å². The lowest BCUT2D eigenvalue weighted by Gasteiger charge is -2.39. The van der Waals surface area contributed by atoms with E-state index >= 15 is 0 Å². The van der Waals surface area contributed by atoms with Gasteiger partial charge in [0.2, 0.25) is 0 Å². The van der Waals surface area contributed by atoms with E-state index in [1.807, 2.05) is 48.7 Å². The van der Waals surface area contributed by atoms with Crippen molar-refractivity contribution in [2.24, 2.45) is 0 Å². The molecule has 0 fully saturated rings. The lowest BCUT2D eigenvalue weighted by molar-refractivity contribution is 0.437. The molecule has 0 bridgehead atoms. The van der Waals surface area contributed by atoms with Gasteiger partial charge in [0.1, 0.15) is 11.5 Å². The van der Waals surface area contributed by atoms with E-state index in [1.165, 1.54) is 22.3 Å². The van der Waals surface area contributed by atoms with Gasteiger partial charge in [-0.05, 0) is 74.8 Å². The topological polar surface area (TPSA) is 60.8 Å². The van der Waals surface area contributed by atoms with E-state index in [9.17, 15) is 0 Å². The standard InChI is InChI=1S/C55H34N4O/c1-3-13-35(14-4-1)38-17-11-18-41(31-38)53-57-52(37-15-5-2-6-16-37)58-54(59-53)42-27-29-48-51(34-42)60-50-33-40(39-25-24-36-19-12-30-56-49(36)32-39)26-28-47(50)55(48)45-22-9-7-20-43(45)44-21-8-10-23-46(44)55/h1-34H. The zero-order valence-electron chi connectivity index (χ0n) is 32.3. The first-order valence-electron chi connectivity index (χ1n) is 20.2. The number of ether oxygens (including phenoxy) is 1. The van der Waals surface area contributed by atoms with Crippen LogP contribution in [0.5, 0.6) is 11.5 Å². The van der Waals surface area contributed by atoms with Crippen molar-refractivity contribution in [3.8, 4) is 79.0 Å². The molecule has 5 heteroatoms. The van der Waals surface area contributed by atoms with Crippen molar-refractivity contribution < 1.29 is 4.74 Å². The number of nitrogens with zero attached hydrogens (tertiary/aromatic N) is 4. The monoisotopic (exact) mass is 766 g/mol. The van der Waals surface area contributed by atoms with Crippen molar-refractivity contribution >= 4 is 10.9 Å². The van der Waals surface area contributed by atoms with Gasteiger partial charge in [-0.3, -0.25) is 4.98 Å². The number of hydrogen-bond acceptors (Lipinski definition) is 5. The fourth-order valence-electron chi connectivity index (χ4n) is 9.30. The maximum absolute atomic E-state index is 7.11. The van der Waals surface area contributed by atoms with E-state index < -0.39 is 5.41 Å². The fraction of sp³-hybridized carbons (Fsp3) is 0.0182. The molecule has 0 saturated carbocycles. The smallest absolute Gasteiger partial charge is 0.164 e.